The molecular formula is C18H16O3. The van der Waals surface area contributed by atoms with Crippen molar-refractivity contribution in [2.75, 3.05) is 0 Å². The minimum atomic E-state index is -0.674. The molecule has 3 heteroatoms. The van der Waals surface area contributed by atoms with Gasteiger partial charge in [0, 0.05) is 5.56 Å². The third-order valence-corrected chi connectivity index (χ3v) is 3.07. The van der Waals surface area contributed by atoms with Crippen LogP contribution in [-0.4, -0.2) is 17.7 Å². The molecule has 0 amide bonds. The van der Waals surface area contributed by atoms with Crippen LogP contribution in [-0.2, 0) is 4.79 Å². The van der Waals surface area contributed by atoms with E-state index in [1.165, 1.54) is 6.08 Å². The predicted molar refractivity (Wildman–Crippen MR) is 81.6 cm³/mol. The number of ketones is 2. The highest BCUT2D eigenvalue weighted by Gasteiger charge is 2.17. The summed E-state index contributed by atoms with van der Waals surface area (Å²) in [6.07, 6.45) is 0.541. The Morgan fingerprint density at radius 3 is 2.33 bits per heavy atom. The Kier molecular flexibility index (Phi) is 4.67. The molecule has 1 unspecified atom stereocenters. The summed E-state index contributed by atoms with van der Waals surface area (Å²) < 4.78 is 5.60. The van der Waals surface area contributed by atoms with Crippen LogP contribution in [0.25, 0.3) is 0 Å². The second-order valence-corrected chi connectivity index (χ2v) is 4.56. The molecule has 0 heterocycles. The van der Waals surface area contributed by atoms with Crippen molar-refractivity contribution < 1.29 is 14.3 Å². The number of carbonyl (C=O) groups is 2. The van der Waals surface area contributed by atoms with E-state index in [-0.39, 0.29) is 11.6 Å². The van der Waals surface area contributed by atoms with E-state index < -0.39 is 6.10 Å². The number of hydrogen-bond donors (Lipinski definition) is 0. The van der Waals surface area contributed by atoms with Gasteiger partial charge in [0.1, 0.15) is 5.75 Å². The van der Waals surface area contributed by atoms with E-state index >= 15 is 0 Å². The summed E-state index contributed by atoms with van der Waals surface area (Å²) in [5, 5.41) is 0. The minimum absolute atomic E-state index is 0.135. The lowest BCUT2D eigenvalue weighted by molar-refractivity contribution is -0.120. The van der Waals surface area contributed by atoms with Crippen LogP contribution in [0.2, 0.25) is 0 Å². The summed E-state index contributed by atoms with van der Waals surface area (Å²) >= 11 is 0. The number of benzene rings is 2. The van der Waals surface area contributed by atoms with Crippen LogP contribution < -0.4 is 4.74 Å². The molecule has 106 valence electrons. The molecule has 0 aliphatic carbocycles. The number of carbonyl (C=O) groups excluding carboxylic acids is 2. The Balaban J connectivity index is 2.31. The van der Waals surface area contributed by atoms with Gasteiger partial charge >= 0.3 is 0 Å². The zero-order valence-electron chi connectivity index (χ0n) is 11.8. The van der Waals surface area contributed by atoms with Crippen LogP contribution in [0.4, 0.5) is 0 Å². The van der Waals surface area contributed by atoms with Crippen molar-refractivity contribution in [3.63, 3.8) is 0 Å². The van der Waals surface area contributed by atoms with Crippen molar-refractivity contribution in [1.82, 2.24) is 0 Å². The van der Waals surface area contributed by atoms with Crippen molar-refractivity contribution in [3.05, 3.63) is 78.4 Å². The van der Waals surface area contributed by atoms with Crippen LogP contribution >= 0.6 is 0 Å². The fourth-order valence-corrected chi connectivity index (χ4v) is 1.92. The summed E-state index contributed by atoms with van der Waals surface area (Å²) in [6.45, 7) is 5.06. The number of rotatable bonds is 6. The van der Waals surface area contributed by atoms with Crippen LogP contribution in [0.3, 0.4) is 0 Å². The molecule has 0 saturated heterocycles. The molecule has 0 bridgehead atoms. The van der Waals surface area contributed by atoms with Gasteiger partial charge in [-0.25, -0.2) is 0 Å². The molecule has 0 aliphatic rings. The Labute approximate surface area is 123 Å². The van der Waals surface area contributed by atoms with Crippen molar-refractivity contribution in [1.29, 1.82) is 0 Å². The van der Waals surface area contributed by atoms with Gasteiger partial charge in [-0.15, -0.1) is 0 Å². The SMILES string of the molecule is C=CC(=O)C(C)Oc1ccccc1C(=O)c1ccccc1. The van der Waals surface area contributed by atoms with Crippen molar-refractivity contribution in [3.8, 4) is 5.75 Å². The second kappa shape index (κ2) is 6.66. The van der Waals surface area contributed by atoms with E-state index in [9.17, 15) is 9.59 Å². The Morgan fingerprint density at radius 2 is 1.67 bits per heavy atom. The van der Waals surface area contributed by atoms with E-state index in [1.807, 2.05) is 6.07 Å². The third-order valence-electron chi connectivity index (χ3n) is 3.07. The fourth-order valence-electron chi connectivity index (χ4n) is 1.92. The number of para-hydroxylation sites is 1. The van der Waals surface area contributed by atoms with Gasteiger partial charge in [0.25, 0.3) is 0 Å². The van der Waals surface area contributed by atoms with E-state index in [0.717, 1.165) is 0 Å². The van der Waals surface area contributed by atoms with Crippen LogP contribution in [0, 0.1) is 0 Å². The zero-order valence-corrected chi connectivity index (χ0v) is 11.8. The number of ether oxygens (including phenoxy) is 1. The van der Waals surface area contributed by atoms with Crippen molar-refractivity contribution in [2.45, 2.75) is 13.0 Å². The van der Waals surface area contributed by atoms with Gasteiger partial charge in [-0.1, -0.05) is 49.0 Å². The fraction of sp³-hybridized carbons (Fsp3) is 0.111. The maximum absolute atomic E-state index is 12.5. The molecule has 0 spiro atoms. The van der Waals surface area contributed by atoms with Gasteiger partial charge in [-0.05, 0) is 25.1 Å². The summed E-state index contributed by atoms with van der Waals surface area (Å²) in [5.74, 6) is 0.0375. The quantitative estimate of drug-likeness (QED) is 0.601. The van der Waals surface area contributed by atoms with Crippen LogP contribution in [0.15, 0.2) is 67.3 Å². The van der Waals surface area contributed by atoms with Gasteiger partial charge in [0.15, 0.2) is 17.7 Å². The van der Waals surface area contributed by atoms with Gasteiger partial charge in [-0.3, -0.25) is 9.59 Å². The summed E-state index contributed by atoms with van der Waals surface area (Å²) in [4.78, 5) is 24.0. The van der Waals surface area contributed by atoms with E-state index in [2.05, 4.69) is 6.58 Å². The summed E-state index contributed by atoms with van der Waals surface area (Å²) in [5.41, 5.74) is 1.02. The third kappa shape index (κ3) is 3.45. The van der Waals surface area contributed by atoms with Gasteiger partial charge in [-0.2, -0.15) is 0 Å². The maximum Gasteiger partial charge on any atom is 0.196 e. The monoisotopic (exact) mass is 280 g/mol. The van der Waals surface area contributed by atoms with Gasteiger partial charge in [0.05, 0.1) is 5.56 Å². The Hall–Kier alpha value is -2.68. The molecule has 0 radical (unpaired) electrons. The van der Waals surface area contributed by atoms with Crippen LogP contribution in [0.1, 0.15) is 22.8 Å². The molecular weight excluding hydrogens is 264 g/mol. The molecule has 0 fully saturated rings. The second-order valence-electron chi connectivity index (χ2n) is 4.56. The normalized spacial score (nSPS) is 11.5. The maximum atomic E-state index is 12.5. The first-order chi connectivity index (χ1) is 10.1. The molecule has 2 aromatic carbocycles. The largest absolute Gasteiger partial charge is 0.482 e. The highest BCUT2D eigenvalue weighted by Crippen LogP contribution is 2.22. The average Bonchev–Trinajstić information content (AvgIpc) is 2.54. The lowest BCUT2D eigenvalue weighted by atomic mass is 10.0. The molecule has 2 rings (SSSR count). The van der Waals surface area contributed by atoms with Crippen molar-refractivity contribution >= 4 is 11.6 Å². The lowest BCUT2D eigenvalue weighted by Gasteiger charge is -2.14. The molecule has 0 N–H and O–H groups in total. The van der Waals surface area contributed by atoms with Gasteiger partial charge in [0.2, 0.25) is 0 Å². The predicted octanol–water partition coefficient (Wildman–Crippen LogP) is 3.44. The van der Waals surface area contributed by atoms with Crippen LogP contribution in [0.5, 0.6) is 5.75 Å². The topological polar surface area (TPSA) is 43.4 Å². The lowest BCUT2D eigenvalue weighted by Crippen LogP contribution is -2.22. The first kappa shape index (κ1) is 14.7. The molecule has 3 nitrogen and oxygen atoms in total. The Bertz CT molecular complexity index is 659. The average molecular weight is 280 g/mol. The molecule has 1 atom stereocenters. The summed E-state index contributed by atoms with van der Waals surface area (Å²) in [7, 11) is 0. The summed E-state index contributed by atoms with van der Waals surface area (Å²) in [6, 6.07) is 15.9. The first-order valence-electron chi connectivity index (χ1n) is 6.65. The highest BCUT2D eigenvalue weighted by atomic mass is 16.5. The van der Waals surface area contributed by atoms with E-state index in [1.54, 1.807) is 55.5 Å². The highest BCUT2D eigenvalue weighted by molar-refractivity contribution is 6.10. The minimum Gasteiger partial charge on any atom is -0.482 e. The molecule has 0 aliphatic heterocycles. The van der Waals surface area contributed by atoms with Gasteiger partial charge < -0.3 is 4.74 Å². The van der Waals surface area contributed by atoms with Crippen molar-refractivity contribution in [2.24, 2.45) is 0 Å². The molecule has 21 heavy (non-hydrogen) atoms. The van der Waals surface area contributed by atoms with E-state index in [4.69, 9.17) is 4.74 Å². The van der Waals surface area contributed by atoms with E-state index in [0.29, 0.717) is 16.9 Å². The smallest absolute Gasteiger partial charge is 0.196 e. The first-order valence-corrected chi connectivity index (χ1v) is 6.65. The molecule has 0 saturated carbocycles. The number of hydrogen-bond acceptors (Lipinski definition) is 3. The standard InChI is InChI=1S/C18H16O3/c1-3-16(19)13(2)21-17-12-8-7-11-15(17)18(20)14-9-5-4-6-10-14/h3-13H,1H2,2H3. The Morgan fingerprint density at radius 1 is 1.05 bits per heavy atom. The zero-order chi connectivity index (χ0) is 15.2. The molecule has 2 aromatic rings. The molecule has 0 aromatic heterocycles.